The van der Waals surface area contributed by atoms with E-state index < -0.39 is 6.09 Å². The number of nitrogens with zero attached hydrogens (tertiary/aromatic N) is 3. The van der Waals surface area contributed by atoms with Crippen molar-refractivity contribution in [3.05, 3.63) is 29.0 Å². The van der Waals surface area contributed by atoms with Crippen LogP contribution in [0.3, 0.4) is 0 Å². The fraction of sp³-hybridized carbons (Fsp3) is 0.588. The van der Waals surface area contributed by atoms with Crippen molar-refractivity contribution in [3.8, 4) is 0 Å². The summed E-state index contributed by atoms with van der Waals surface area (Å²) in [5, 5.41) is 0.565. The van der Waals surface area contributed by atoms with E-state index in [1.165, 1.54) is 4.90 Å². The van der Waals surface area contributed by atoms with Crippen LogP contribution in [0.25, 0.3) is 0 Å². The van der Waals surface area contributed by atoms with E-state index in [1.54, 1.807) is 12.3 Å². The molecular formula is C17H22ClN3O3. The molecule has 2 aliphatic rings. The predicted molar refractivity (Wildman–Crippen MR) is 89.9 cm³/mol. The van der Waals surface area contributed by atoms with Crippen molar-refractivity contribution in [2.75, 3.05) is 26.2 Å². The topological polar surface area (TPSA) is 62.7 Å². The summed E-state index contributed by atoms with van der Waals surface area (Å²) in [6, 6.07) is 3.65. The highest BCUT2D eigenvalue weighted by Gasteiger charge is 2.46. The summed E-state index contributed by atoms with van der Waals surface area (Å²) in [7, 11) is 0. The van der Waals surface area contributed by atoms with Gasteiger partial charge in [-0.2, -0.15) is 0 Å². The summed E-state index contributed by atoms with van der Waals surface area (Å²) >= 11 is 5.93. The fourth-order valence-corrected chi connectivity index (χ4v) is 3.41. The fourth-order valence-electron chi connectivity index (χ4n) is 3.30. The lowest BCUT2D eigenvalue weighted by Gasteiger charge is -2.31. The summed E-state index contributed by atoms with van der Waals surface area (Å²) in [5.74, 6) is -0.558. The standard InChI is InChI=1S/C17H22ClN3O3/c1-17(2,3)20-9-12(14-5-4-11(18)8-19-14)13(10-20)15(22)21-6-7-24-16(21)23/h4-5,8,12-13H,6-7,9-10H2,1-3H3. The Hall–Kier alpha value is -1.66. The monoisotopic (exact) mass is 351 g/mol. The van der Waals surface area contributed by atoms with Crippen molar-refractivity contribution in [3.63, 3.8) is 0 Å². The molecule has 7 heteroatoms. The Morgan fingerprint density at radius 2 is 2.08 bits per heavy atom. The van der Waals surface area contributed by atoms with E-state index in [4.69, 9.17) is 16.3 Å². The molecule has 0 saturated carbocycles. The molecule has 0 radical (unpaired) electrons. The maximum atomic E-state index is 12.9. The first-order chi connectivity index (χ1) is 11.3. The molecule has 1 aromatic heterocycles. The summed E-state index contributed by atoms with van der Waals surface area (Å²) in [6.45, 7) is 8.27. The van der Waals surface area contributed by atoms with E-state index >= 15 is 0 Å². The van der Waals surface area contributed by atoms with Crippen LogP contribution in [0, 0.1) is 5.92 Å². The van der Waals surface area contributed by atoms with E-state index in [0.29, 0.717) is 18.1 Å². The third-order valence-corrected chi connectivity index (χ3v) is 4.97. The van der Waals surface area contributed by atoms with Gasteiger partial charge in [0.05, 0.1) is 17.5 Å². The van der Waals surface area contributed by atoms with Gasteiger partial charge in [0.1, 0.15) is 6.61 Å². The zero-order chi connectivity index (χ0) is 17.5. The number of pyridine rings is 1. The van der Waals surface area contributed by atoms with E-state index in [9.17, 15) is 9.59 Å². The average molecular weight is 352 g/mol. The molecule has 0 spiro atoms. The van der Waals surface area contributed by atoms with Crippen LogP contribution in [0.15, 0.2) is 18.3 Å². The third-order valence-electron chi connectivity index (χ3n) is 4.74. The number of cyclic esters (lactones) is 1. The number of hydrogen-bond acceptors (Lipinski definition) is 5. The second-order valence-electron chi connectivity index (χ2n) is 7.29. The molecule has 2 unspecified atom stereocenters. The number of rotatable bonds is 2. The van der Waals surface area contributed by atoms with Crippen LogP contribution < -0.4 is 0 Å². The molecule has 130 valence electrons. The smallest absolute Gasteiger partial charge is 0.416 e. The number of carbonyl (C=O) groups excluding carboxylic acids is 2. The first kappa shape index (κ1) is 17.2. The van der Waals surface area contributed by atoms with Crippen molar-refractivity contribution in [2.45, 2.75) is 32.2 Å². The van der Waals surface area contributed by atoms with E-state index in [-0.39, 0.29) is 29.9 Å². The van der Waals surface area contributed by atoms with Crippen LogP contribution in [0.4, 0.5) is 4.79 Å². The molecule has 0 aromatic carbocycles. The van der Waals surface area contributed by atoms with Gasteiger partial charge in [-0.15, -0.1) is 0 Å². The number of amides is 2. The van der Waals surface area contributed by atoms with Gasteiger partial charge in [-0.1, -0.05) is 11.6 Å². The largest absolute Gasteiger partial charge is 0.447 e. The number of carbonyl (C=O) groups is 2. The second-order valence-corrected chi connectivity index (χ2v) is 7.73. The van der Waals surface area contributed by atoms with Gasteiger partial charge in [0, 0.05) is 36.4 Å². The molecule has 1 aromatic rings. The van der Waals surface area contributed by atoms with Gasteiger partial charge >= 0.3 is 6.09 Å². The zero-order valence-electron chi connectivity index (χ0n) is 14.2. The van der Waals surface area contributed by atoms with Gasteiger partial charge in [-0.25, -0.2) is 9.69 Å². The molecule has 3 rings (SSSR count). The molecule has 0 N–H and O–H groups in total. The maximum Gasteiger partial charge on any atom is 0.416 e. The molecule has 2 saturated heterocycles. The number of likely N-dealkylation sites (tertiary alicyclic amines) is 1. The van der Waals surface area contributed by atoms with Crippen LogP contribution in [0.2, 0.25) is 5.02 Å². The first-order valence-electron chi connectivity index (χ1n) is 8.12. The highest BCUT2D eigenvalue weighted by Crippen LogP contribution is 2.37. The SMILES string of the molecule is CC(C)(C)N1CC(C(=O)N2CCOC2=O)C(c2ccc(Cl)cn2)C1. The molecule has 0 aliphatic carbocycles. The van der Waals surface area contributed by atoms with Gasteiger partial charge in [0.25, 0.3) is 0 Å². The Morgan fingerprint density at radius 1 is 1.33 bits per heavy atom. The van der Waals surface area contributed by atoms with Gasteiger partial charge < -0.3 is 4.74 Å². The van der Waals surface area contributed by atoms with Gasteiger partial charge in [0.15, 0.2) is 0 Å². The number of aromatic nitrogens is 1. The molecule has 24 heavy (non-hydrogen) atoms. The molecule has 2 atom stereocenters. The van der Waals surface area contributed by atoms with Gasteiger partial charge in [-0.05, 0) is 32.9 Å². The van der Waals surface area contributed by atoms with E-state index in [1.807, 2.05) is 6.07 Å². The normalized spacial score (nSPS) is 25.2. The van der Waals surface area contributed by atoms with Crippen LogP contribution in [0.5, 0.6) is 0 Å². The van der Waals surface area contributed by atoms with Crippen molar-refractivity contribution in [2.24, 2.45) is 5.92 Å². The lowest BCUT2D eigenvalue weighted by molar-refractivity contribution is -0.132. The number of ether oxygens (including phenoxy) is 1. The Labute approximate surface area is 146 Å². The summed E-state index contributed by atoms with van der Waals surface area (Å²) in [5.41, 5.74) is 0.766. The molecule has 2 aliphatic heterocycles. The Kier molecular flexibility index (Phi) is 4.53. The Morgan fingerprint density at radius 3 is 2.62 bits per heavy atom. The van der Waals surface area contributed by atoms with E-state index in [2.05, 4.69) is 30.7 Å². The minimum atomic E-state index is -0.544. The Balaban J connectivity index is 1.89. The number of hydrogen-bond donors (Lipinski definition) is 0. The number of halogens is 1. The molecule has 0 bridgehead atoms. The molecule has 6 nitrogen and oxygen atoms in total. The van der Waals surface area contributed by atoms with E-state index in [0.717, 1.165) is 12.2 Å². The summed E-state index contributed by atoms with van der Waals surface area (Å²) in [4.78, 5) is 32.6. The van der Waals surface area contributed by atoms with Gasteiger partial charge in [0.2, 0.25) is 5.91 Å². The van der Waals surface area contributed by atoms with Crippen LogP contribution in [-0.4, -0.2) is 58.6 Å². The summed E-state index contributed by atoms with van der Waals surface area (Å²) < 4.78 is 4.92. The van der Waals surface area contributed by atoms with Crippen LogP contribution in [-0.2, 0) is 9.53 Å². The quantitative estimate of drug-likeness (QED) is 0.819. The molecule has 2 amide bonds. The third kappa shape index (κ3) is 3.26. The summed E-state index contributed by atoms with van der Waals surface area (Å²) in [6.07, 6.45) is 1.06. The number of imide groups is 1. The molecule has 3 heterocycles. The highest BCUT2D eigenvalue weighted by molar-refractivity contribution is 6.30. The van der Waals surface area contributed by atoms with Crippen molar-refractivity contribution in [1.82, 2.24) is 14.8 Å². The first-order valence-corrected chi connectivity index (χ1v) is 8.50. The van der Waals surface area contributed by atoms with Crippen molar-refractivity contribution in [1.29, 1.82) is 0 Å². The van der Waals surface area contributed by atoms with Crippen LogP contribution in [0.1, 0.15) is 32.4 Å². The minimum Gasteiger partial charge on any atom is -0.447 e. The lowest BCUT2D eigenvalue weighted by Crippen LogP contribution is -2.42. The van der Waals surface area contributed by atoms with Gasteiger partial charge in [-0.3, -0.25) is 14.7 Å². The Bertz CT molecular complexity index is 641. The van der Waals surface area contributed by atoms with Crippen molar-refractivity contribution >= 4 is 23.6 Å². The van der Waals surface area contributed by atoms with Crippen LogP contribution >= 0.6 is 11.6 Å². The highest BCUT2D eigenvalue weighted by atomic mass is 35.5. The van der Waals surface area contributed by atoms with Crippen molar-refractivity contribution < 1.29 is 14.3 Å². The minimum absolute atomic E-state index is 0.0643. The lowest BCUT2D eigenvalue weighted by atomic mass is 9.91. The molecular weight excluding hydrogens is 330 g/mol. The zero-order valence-corrected chi connectivity index (χ0v) is 14.9. The molecule has 2 fully saturated rings. The second kappa shape index (κ2) is 6.33. The average Bonchev–Trinajstić information content (AvgIpc) is 3.13. The predicted octanol–water partition coefficient (Wildman–Crippen LogP) is 2.53. The maximum absolute atomic E-state index is 12.9.